The Hall–Kier alpha value is -0.860. The van der Waals surface area contributed by atoms with Crippen molar-refractivity contribution < 1.29 is 7.85 Å². The van der Waals surface area contributed by atoms with Crippen molar-refractivity contribution in [1.82, 2.24) is 0 Å². The molecule has 2 heteroatoms. The molecule has 0 heterocycles. The average molecular weight is 139 g/mol. The molecule has 1 aromatic carbocycles. The monoisotopic (exact) mass is 139 g/mol. The highest BCUT2D eigenvalue weighted by molar-refractivity contribution is 5.18. The lowest BCUT2D eigenvalue weighted by atomic mass is 10.1. The van der Waals surface area contributed by atoms with E-state index in [1.807, 2.05) is 6.07 Å². The average Bonchev–Trinajstić information content (AvgIpc) is 2.03. The van der Waals surface area contributed by atoms with Crippen LogP contribution in [0.15, 0.2) is 30.3 Å². The first kappa shape index (κ1) is 4.88. The normalized spacial score (nSPS) is 17.4. The van der Waals surface area contributed by atoms with E-state index in [1.54, 1.807) is 24.3 Å². The van der Waals surface area contributed by atoms with Crippen molar-refractivity contribution in [3.05, 3.63) is 35.9 Å². The molecule has 1 rings (SSSR count). The van der Waals surface area contributed by atoms with Gasteiger partial charge in [0.2, 0.25) is 0 Å². The fourth-order valence-electron chi connectivity index (χ4n) is 0.735. The van der Waals surface area contributed by atoms with E-state index in [0.717, 1.165) is 0 Å². The van der Waals surface area contributed by atoms with Crippen LogP contribution in [0.3, 0.4) is 0 Å². The molecule has 54 valence electrons. The number of hydrogen-bond acceptors (Lipinski definition) is 2. The summed E-state index contributed by atoms with van der Waals surface area (Å²) in [5, 5.41) is 8.95. The Bertz CT molecular complexity index is 245. The first-order valence-corrected chi connectivity index (χ1v) is 3.04. The van der Waals surface area contributed by atoms with E-state index >= 15 is 0 Å². The molecule has 0 saturated heterocycles. The van der Waals surface area contributed by atoms with E-state index in [1.165, 1.54) is 0 Å². The summed E-state index contributed by atoms with van der Waals surface area (Å²) >= 11 is 0. The molecule has 0 fully saturated rings. The molecule has 1 atom stereocenters. The molecule has 0 aliphatic rings. The van der Waals surface area contributed by atoms with Crippen molar-refractivity contribution in [2.75, 3.05) is 6.56 Å². The zero-order chi connectivity index (χ0) is 9.19. The second-order valence-electron chi connectivity index (χ2n) is 2.02. The Labute approximate surface area is 63.1 Å². The zero-order valence-electron chi connectivity index (χ0n) is 7.49. The van der Waals surface area contributed by atoms with Crippen molar-refractivity contribution >= 4 is 0 Å². The van der Waals surface area contributed by atoms with E-state index in [9.17, 15) is 0 Å². The third-order valence-corrected chi connectivity index (χ3v) is 1.30. The smallest absolute Gasteiger partial charge is 0.0624 e. The van der Waals surface area contributed by atoms with Crippen LogP contribution >= 0.6 is 0 Å². The number of aliphatic hydroxyl groups is 1. The van der Waals surface area contributed by atoms with Crippen LogP contribution in [0.2, 0.25) is 0 Å². The van der Waals surface area contributed by atoms with Crippen molar-refractivity contribution in [2.45, 2.75) is 6.04 Å². The van der Waals surface area contributed by atoms with E-state index in [0.29, 0.717) is 5.56 Å². The molecular weight excluding hydrogens is 126 g/mol. The Balaban J connectivity index is 2.86. The van der Waals surface area contributed by atoms with Gasteiger partial charge >= 0.3 is 0 Å². The van der Waals surface area contributed by atoms with Gasteiger partial charge in [-0.25, -0.2) is 0 Å². The van der Waals surface area contributed by atoms with Crippen LogP contribution in [0.5, 0.6) is 0 Å². The van der Waals surface area contributed by atoms with Gasteiger partial charge in [-0.3, -0.25) is 0 Å². The molecule has 0 amide bonds. The van der Waals surface area contributed by atoms with Gasteiger partial charge in [-0.1, -0.05) is 30.3 Å². The standard InChI is InChI=1S/C8H11NO/c9-8(6-10)7-4-2-1-3-5-7/h1-5,8,10H,6,9H2/t8-/m0/s1/i6D2. The van der Waals surface area contributed by atoms with Crippen LogP contribution in [-0.2, 0) is 0 Å². The van der Waals surface area contributed by atoms with Crippen LogP contribution in [-0.4, -0.2) is 11.7 Å². The third kappa shape index (κ3) is 1.56. The molecule has 0 aliphatic heterocycles. The summed E-state index contributed by atoms with van der Waals surface area (Å²) in [5.74, 6) is 0. The van der Waals surface area contributed by atoms with Gasteiger partial charge in [0.1, 0.15) is 0 Å². The topological polar surface area (TPSA) is 46.2 Å². The quantitative estimate of drug-likeness (QED) is 0.633. The summed E-state index contributed by atoms with van der Waals surface area (Å²) in [6.45, 7) is -2.36. The molecule has 0 spiro atoms. The molecule has 0 saturated carbocycles. The molecule has 0 unspecified atom stereocenters. The fourth-order valence-corrected chi connectivity index (χ4v) is 0.735. The third-order valence-electron chi connectivity index (χ3n) is 1.30. The zero-order valence-corrected chi connectivity index (χ0v) is 5.49. The summed E-state index contributed by atoms with van der Waals surface area (Å²) in [7, 11) is 0. The fraction of sp³-hybridized carbons (Fsp3) is 0.250. The number of hydrogen-bond donors (Lipinski definition) is 2. The van der Waals surface area contributed by atoms with E-state index in [-0.39, 0.29) is 0 Å². The van der Waals surface area contributed by atoms with Crippen LogP contribution in [0.4, 0.5) is 0 Å². The summed E-state index contributed by atoms with van der Waals surface area (Å²) in [6.07, 6.45) is 0. The molecule has 2 nitrogen and oxygen atoms in total. The van der Waals surface area contributed by atoms with Crippen molar-refractivity contribution in [3.63, 3.8) is 0 Å². The van der Waals surface area contributed by atoms with Crippen LogP contribution in [0, 0.1) is 0 Å². The van der Waals surface area contributed by atoms with Gasteiger partial charge in [0, 0.05) is 0 Å². The maximum atomic E-state index is 8.95. The van der Waals surface area contributed by atoms with Gasteiger partial charge in [-0.05, 0) is 5.56 Å². The van der Waals surface area contributed by atoms with Gasteiger partial charge in [0.05, 0.1) is 15.3 Å². The minimum absolute atomic E-state index is 0.588. The lowest BCUT2D eigenvalue weighted by molar-refractivity contribution is 0.268. The first-order valence-electron chi connectivity index (χ1n) is 4.04. The summed E-state index contributed by atoms with van der Waals surface area (Å²) in [6, 6.07) is 7.68. The minimum Gasteiger partial charge on any atom is -0.394 e. The Morgan fingerprint density at radius 3 is 2.60 bits per heavy atom. The molecule has 3 N–H and O–H groups in total. The van der Waals surface area contributed by atoms with Gasteiger partial charge in [0.15, 0.2) is 0 Å². The summed E-state index contributed by atoms with van der Waals surface area (Å²) in [5.41, 5.74) is 6.04. The largest absolute Gasteiger partial charge is 0.394 e. The lowest BCUT2D eigenvalue weighted by Crippen LogP contribution is -2.13. The van der Waals surface area contributed by atoms with Crippen LogP contribution in [0.25, 0.3) is 0 Å². The second kappa shape index (κ2) is 3.34. The maximum absolute atomic E-state index is 8.95. The molecule has 0 aromatic heterocycles. The number of nitrogens with two attached hydrogens (primary N) is 1. The highest BCUT2D eigenvalue weighted by Crippen LogP contribution is 2.06. The molecule has 0 bridgehead atoms. The second-order valence-corrected chi connectivity index (χ2v) is 2.02. The van der Waals surface area contributed by atoms with Crippen molar-refractivity contribution in [3.8, 4) is 0 Å². The molecule has 0 radical (unpaired) electrons. The molecule has 10 heavy (non-hydrogen) atoms. The van der Waals surface area contributed by atoms with Crippen molar-refractivity contribution in [1.29, 1.82) is 0 Å². The highest BCUT2D eigenvalue weighted by Gasteiger charge is 2.00. The number of rotatable bonds is 2. The SMILES string of the molecule is [2H]C([2H])(O)[C@H](N)c1ccccc1. The minimum atomic E-state index is -2.36. The molecule has 0 aliphatic carbocycles. The number of benzene rings is 1. The van der Waals surface area contributed by atoms with Gasteiger partial charge in [-0.2, -0.15) is 0 Å². The summed E-state index contributed by atoms with van der Waals surface area (Å²) < 4.78 is 13.9. The molecule has 1 aromatic rings. The predicted molar refractivity (Wildman–Crippen MR) is 40.5 cm³/mol. The van der Waals surface area contributed by atoms with Crippen LogP contribution < -0.4 is 5.73 Å². The Morgan fingerprint density at radius 2 is 2.10 bits per heavy atom. The van der Waals surface area contributed by atoms with Gasteiger partial charge in [-0.15, -0.1) is 0 Å². The van der Waals surface area contributed by atoms with E-state index in [2.05, 4.69) is 0 Å². The molecular formula is C8H11NO. The highest BCUT2D eigenvalue weighted by atomic mass is 16.3. The predicted octanol–water partition coefficient (Wildman–Crippen LogP) is 0.679. The van der Waals surface area contributed by atoms with Gasteiger partial charge in [0.25, 0.3) is 0 Å². The first-order chi connectivity index (χ1) is 5.52. The van der Waals surface area contributed by atoms with Crippen LogP contribution in [0.1, 0.15) is 14.3 Å². The Kier molecular flexibility index (Phi) is 1.63. The van der Waals surface area contributed by atoms with Crippen molar-refractivity contribution in [2.24, 2.45) is 5.73 Å². The van der Waals surface area contributed by atoms with Gasteiger partial charge < -0.3 is 10.8 Å². The summed E-state index contributed by atoms with van der Waals surface area (Å²) in [4.78, 5) is 0. The van der Waals surface area contributed by atoms with E-state index in [4.69, 9.17) is 13.6 Å². The maximum Gasteiger partial charge on any atom is 0.0624 e. The lowest BCUT2D eigenvalue weighted by Gasteiger charge is -2.06. The van der Waals surface area contributed by atoms with E-state index < -0.39 is 12.6 Å². The Morgan fingerprint density at radius 1 is 1.50 bits per heavy atom.